The number of hydrogen-bond acceptors (Lipinski definition) is 3. The van der Waals surface area contributed by atoms with Gasteiger partial charge in [0, 0.05) is 38.6 Å². The van der Waals surface area contributed by atoms with Crippen LogP contribution in [0, 0.1) is 0 Å². The monoisotopic (exact) mass is 272 g/mol. The highest BCUT2D eigenvalue weighted by Crippen LogP contribution is 2.13. The van der Waals surface area contributed by atoms with E-state index in [1.165, 1.54) is 0 Å². The van der Waals surface area contributed by atoms with Gasteiger partial charge in [-0.2, -0.15) is 0 Å². The van der Waals surface area contributed by atoms with E-state index in [-0.39, 0.29) is 11.9 Å². The minimum atomic E-state index is 0.233. The topological polar surface area (TPSA) is 50.2 Å². The van der Waals surface area contributed by atoms with Crippen LogP contribution in [0.5, 0.6) is 0 Å². The van der Waals surface area contributed by atoms with Gasteiger partial charge in [-0.3, -0.25) is 4.79 Å². The maximum absolute atomic E-state index is 12.3. The Morgan fingerprint density at radius 1 is 1.45 bits per heavy atom. The fraction of sp³-hybridized carbons (Fsp3) is 0.467. The van der Waals surface area contributed by atoms with Crippen molar-refractivity contribution in [2.45, 2.75) is 25.9 Å². The first-order valence-electron chi connectivity index (χ1n) is 7.16. The van der Waals surface area contributed by atoms with E-state index in [4.69, 9.17) is 0 Å². The van der Waals surface area contributed by atoms with Crippen LogP contribution in [0.2, 0.25) is 0 Å². The quantitative estimate of drug-likeness (QED) is 0.915. The lowest BCUT2D eigenvalue weighted by Gasteiger charge is -2.34. The number of carbonyl (C=O) groups is 1. The fourth-order valence-corrected chi connectivity index (χ4v) is 2.76. The SMILES string of the molecule is C[C@@H]1CNCCN1C(=O)CCn1cnc2ccccc21. The molecule has 1 saturated heterocycles. The molecule has 1 amide bonds. The summed E-state index contributed by atoms with van der Waals surface area (Å²) in [4.78, 5) is 18.6. The van der Waals surface area contributed by atoms with Crippen molar-refractivity contribution in [2.75, 3.05) is 19.6 Å². The largest absolute Gasteiger partial charge is 0.337 e. The molecule has 0 aliphatic carbocycles. The highest BCUT2D eigenvalue weighted by atomic mass is 16.2. The minimum absolute atomic E-state index is 0.233. The molecule has 0 radical (unpaired) electrons. The molecule has 1 aromatic heterocycles. The predicted octanol–water partition coefficient (Wildman–Crippen LogP) is 1.25. The first kappa shape index (κ1) is 13.1. The molecular formula is C15H20N4O. The van der Waals surface area contributed by atoms with Gasteiger partial charge in [-0.05, 0) is 19.1 Å². The molecule has 0 unspecified atom stereocenters. The minimum Gasteiger partial charge on any atom is -0.337 e. The molecule has 2 heterocycles. The van der Waals surface area contributed by atoms with E-state index in [2.05, 4.69) is 21.8 Å². The maximum atomic E-state index is 12.3. The van der Waals surface area contributed by atoms with E-state index in [9.17, 15) is 4.79 Å². The summed E-state index contributed by atoms with van der Waals surface area (Å²) in [5, 5.41) is 3.30. The van der Waals surface area contributed by atoms with Crippen LogP contribution in [-0.2, 0) is 11.3 Å². The standard InChI is InChI=1S/C15H20N4O/c1-12-10-16-7-9-19(12)15(20)6-8-18-11-17-13-4-2-3-5-14(13)18/h2-5,11-12,16H,6-10H2,1H3/t12-/m1/s1. The fourth-order valence-electron chi connectivity index (χ4n) is 2.76. The smallest absolute Gasteiger partial charge is 0.224 e. The highest BCUT2D eigenvalue weighted by Gasteiger charge is 2.22. The lowest BCUT2D eigenvalue weighted by molar-refractivity contribution is -0.134. The molecule has 0 spiro atoms. The number of aryl methyl sites for hydroxylation is 1. The number of nitrogens with one attached hydrogen (secondary N) is 1. The van der Waals surface area contributed by atoms with Crippen molar-refractivity contribution in [1.29, 1.82) is 0 Å². The van der Waals surface area contributed by atoms with Crippen LogP contribution in [0.4, 0.5) is 0 Å². The lowest BCUT2D eigenvalue weighted by atomic mass is 10.2. The van der Waals surface area contributed by atoms with Crippen molar-refractivity contribution in [2.24, 2.45) is 0 Å². The number of piperazine rings is 1. The van der Waals surface area contributed by atoms with Gasteiger partial charge in [-0.25, -0.2) is 4.98 Å². The van der Waals surface area contributed by atoms with Crippen LogP contribution >= 0.6 is 0 Å². The third kappa shape index (κ3) is 2.54. The lowest BCUT2D eigenvalue weighted by Crippen LogP contribution is -2.52. The zero-order chi connectivity index (χ0) is 13.9. The van der Waals surface area contributed by atoms with E-state index in [0.29, 0.717) is 13.0 Å². The summed E-state index contributed by atoms with van der Waals surface area (Å²) in [5.74, 6) is 0.233. The summed E-state index contributed by atoms with van der Waals surface area (Å²) in [5.41, 5.74) is 2.07. The normalized spacial score (nSPS) is 19.4. The zero-order valence-electron chi connectivity index (χ0n) is 11.7. The number of para-hydroxylation sites is 2. The Bertz CT molecular complexity index is 607. The molecule has 1 aliphatic rings. The van der Waals surface area contributed by atoms with Crippen LogP contribution in [0.25, 0.3) is 11.0 Å². The van der Waals surface area contributed by atoms with Gasteiger partial charge in [-0.15, -0.1) is 0 Å². The van der Waals surface area contributed by atoms with Crippen LogP contribution in [0.1, 0.15) is 13.3 Å². The van der Waals surface area contributed by atoms with E-state index >= 15 is 0 Å². The summed E-state index contributed by atoms with van der Waals surface area (Å²) < 4.78 is 2.06. The summed E-state index contributed by atoms with van der Waals surface area (Å²) in [6.07, 6.45) is 2.35. The van der Waals surface area contributed by atoms with Crippen LogP contribution in [0.15, 0.2) is 30.6 Å². The number of imidazole rings is 1. The van der Waals surface area contributed by atoms with Gasteiger partial charge in [0.25, 0.3) is 0 Å². The van der Waals surface area contributed by atoms with E-state index in [1.807, 2.05) is 35.5 Å². The van der Waals surface area contributed by atoms with Gasteiger partial charge in [0.05, 0.1) is 17.4 Å². The second kappa shape index (κ2) is 5.63. The van der Waals surface area contributed by atoms with Crippen molar-refractivity contribution in [3.8, 4) is 0 Å². The Balaban J connectivity index is 1.65. The summed E-state index contributed by atoms with van der Waals surface area (Å²) in [7, 11) is 0. The molecule has 2 aromatic rings. The van der Waals surface area contributed by atoms with Crippen molar-refractivity contribution < 1.29 is 4.79 Å². The molecule has 106 valence electrons. The van der Waals surface area contributed by atoms with Gasteiger partial charge < -0.3 is 14.8 Å². The number of nitrogens with zero attached hydrogens (tertiary/aromatic N) is 3. The molecule has 0 bridgehead atoms. The number of aromatic nitrogens is 2. The summed E-state index contributed by atoms with van der Waals surface area (Å²) >= 11 is 0. The second-order valence-corrected chi connectivity index (χ2v) is 5.32. The molecule has 1 aliphatic heterocycles. The molecule has 1 atom stereocenters. The number of fused-ring (bicyclic) bond motifs is 1. The molecular weight excluding hydrogens is 252 g/mol. The Kier molecular flexibility index (Phi) is 3.69. The van der Waals surface area contributed by atoms with E-state index in [1.54, 1.807) is 0 Å². The third-order valence-corrected chi connectivity index (χ3v) is 3.92. The van der Waals surface area contributed by atoms with Crippen molar-refractivity contribution >= 4 is 16.9 Å². The van der Waals surface area contributed by atoms with Crippen molar-refractivity contribution in [3.05, 3.63) is 30.6 Å². The Morgan fingerprint density at radius 3 is 3.15 bits per heavy atom. The molecule has 1 fully saturated rings. The van der Waals surface area contributed by atoms with Gasteiger partial charge in [0.15, 0.2) is 0 Å². The number of rotatable bonds is 3. The van der Waals surface area contributed by atoms with Gasteiger partial charge in [0.2, 0.25) is 5.91 Å². The zero-order valence-corrected chi connectivity index (χ0v) is 11.7. The summed E-state index contributed by atoms with van der Waals surface area (Å²) in [6.45, 7) is 5.38. The maximum Gasteiger partial charge on any atom is 0.224 e. The predicted molar refractivity (Wildman–Crippen MR) is 78.4 cm³/mol. The van der Waals surface area contributed by atoms with Crippen LogP contribution in [0.3, 0.4) is 0 Å². The molecule has 1 aromatic carbocycles. The van der Waals surface area contributed by atoms with Gasteiger partial charge >= 0.3 is 0 Å². The molecule has 5 heteroatoms. The molecule has 3 rings (SSSR count). The number of amides is 1. The van der Waals surface area contributed by atoms with Gasteiger partial charge in [0.1, 0.15) is 0 Å². The van der Waals surface area contributed by atoms with Crippen LogP contribution in [-0.4, -0.2) is 46.0 Å². The molecule has 20 heavy (non-hydrogen) atoms. The first-order chi connectivity index (χ1) is 9.75. The Morgan fingerprint density at radius 2 is 2.30 bits per heavy atom. The van der Waals surface area contributed by atoms with Crippen molar-refractivity contribution in [1.82, 2.24) is 19.8 Å². The summed E-state index contributed by atoms with van der Waals surface area (Å²) in [6, 6.07) is 8.30. The van der Waals surface area contributed by atoms with E-state index in [0.717, 1.165) is 30.7 Å². The van der Waals surface area contributed by atoms with Gasteiger partial charge in [-0.1, -0.05) is 12.1 Å². The van der Waals surface area contributed by atoms with E-state index < -0.39 is 0 Å². The highest BCUT2D eigenvalue weighted by molar-refractivity contribution is 5.78. The number of benzene rings is 1. The Hall–Kier alpha value is -1.88. The average molecular weight is 272 g/mol. The first-order valence-corrected chi connectivity index (χ1v) is 7.16. The van der Waals surface area contributed by atoms with Crippen LogP contribution < -0.4 is 5.32 Å². The van der Waals surface area contributed by atoms with Crippen molar-refractivity contribution in [3.63, 3.8) is 0 Å². The molecule has 1 N–H and O–H groups in total. The average Bonchev–Trinajstić information content (AvgIpc) is 2.88. The Labute approximate surface area is 118 Å². The molecule has 0 saturated carbocycles. The molecule has 5 nitrogen and oxygen atoms in total. The number of hydrogen-bond donors (Lipinski definition) is 1. The third-order valence-electron chi connectivity index (χ3n) is 3.92. The number of carbonyl (C=O) groups excluding carboxylic acids is 1. The second-order valence-electron chi connectivity index (χ2n) is 5.32.